The van der Waals surface area contributed by atoms with Gasteiger partial charge in [-0.2, -0.15) is 5.10 Å². The molecule has 0 radical (unpaired) electrons. The molecule has 0 saturated carbocycles. The standard InChI is InChI=1S/C17H17ClN2O5/c1-23-13-5-4-12(18)6-11(13)9-19-20-17(22)10-7-14(24-2)16(21)15(8-10)25-3/h4-9,21H,1-3H3,(H,20,22). The molecule has 8 heteroatoms. The Morgan fingerprint density at radius 3 is 2.24 bits per heavy atom. The summed E-state index contributed by atoms with van der Waals surface area (Å²) in [7, 11) is 4.27. The van der Waals surface area contributed by atoms with E-state index in [-0.39, 0.29) is 22.8 Å². The minimum Gasteiger partial charge on any atom is -0.502 e. The number of amides is 1. The molecule has 2 rings (SSSR count). The van der Waals surface area contributed by atoms with Gasteiger partial charge >= 0.3 is 0 Å². The highest BCUT2D eigenvalue weighted by Gasteiger charge is 2.15. The van der Waals surface area contributed by atoms with Crippen molar-refractivity contribution >= 4 is 23.7 Å². The first-order valence-electron chi connectivity index (χ1n) is 7.12. The minimum absolute atomic E-state index is 0.116. The minimum atomic E-state index is -0.506. The molecule has 2 aromatic rings. The lowest BCUT2D eigenvalue weighted by atomic mass is 10.1. The number of methoxy groups -OCH3 is 3. The fraction of sp³-hybridized carbons (Fsp3) is 0.176. The molecule has 0 aliphatic rings. The lowest BCUT2D eigenvalue weighted by Gasteiger charge is -2.10. The van der Waals surface area contributed by atoms with Crippen LogP contribution in [-0.2, 0) is 0 Å². The molecule has 0 heterocycles. The zero-order valence-electron chi connectivity index (χ0n) is 13.9. The number of phenols is 1. The van der Waals surface area contributed by atoms with Crippen LogP contribution in [-0.4, -0.2) is 38.6 Å². The Morgan fingerprint density at radius 1 is 1.08 bits per heavy atom. The number of halogens is 1. The van der Waals surface area contributed by atoms with Crippen LogP contribution in [0.1, 0.15) is 15.9 Å². The van der Waals surface area contributed by atoms with Gasteiger partial charge in [0.2, 0.25) is 5.75 Å². The molecule has 2 N–H and O–H groups in total. The number of carbonyl (C=O) groups is 1. The summed E-state index contributed by atoms with van der Waals surface area (Å²) in [5.74, 6) is 0.105. The maximum Gasteiger partial charge on any atom is 0.271 e. The van der Waals surface area contributed by atoms with Crippen molar-refractivity contribution in [2.45, 2.75) is 0 Å². The number of benzene rings is 2. The van der Waals surface area contributed by atoms with Gasteiger partial charge in [-0.1, -0.05) is 11.6 Å². The van der Waals surface area contributed by atoms with E-state index in [9.17, 15) is 9.90 Å². The fourth-order valence-electron chi connectivity index (χ4n) is 2.06. The summed E-state index contributed by atoms with van der Waals surface area (Å²) < 4.78 is 15.2. The predicted molar refractivity (Wildman–Crippen MR) is 94.3 cm³/mol. The highest BCUT2D eigenvalue weighted by Crippen LogP contribution is 2.37. The van der Waals surface area contributed by atoms with Crippen molar-refractivity contribution < 1.29 is 24.1 Å². The molecule has 0 aromatic heterocycles. The second kappa shape index (κ2) is 8.25. The molecule has 0 saturated heterocycles. The van der Waals surface area contributed by atoms with Crippen molar-refractivity contribution in [1.29, 1.82) is 0 Å². The number of phenolic OH excluding ortho intramolecular Hbond substituents is 1. The van der Waals surface area contributed by atoms with E-state index in [1.54, 1.807) is 18.2 Å². The van der Waals surface area contributed by atoms with E-state index in [0.717, 1.165) is 0 Å². The summed E-state index contributed by atoms with van der Waals surface area (Å²) in [4.78, 5) is 12.2. The molecule has 0 fully saturated rings. The third-order valence-corrected chi connectivity index (χ3v) is 3.54. The van der Waals surface area contributed by atoms with Gasteiger partial charge in [0.1, 0.15) is 5.75 Å². The number of nitrogens with one attached hydrogen (secondary N) is 1. The van der Waals surface area contributed by atoms with Crippen LogP contribution in [0.15, 0.2) is 35.4 Å². The van der Waals surface area contributed by atoms with Gasteiger partial charge in [-0.15, -0.1) is 0 Å². The largest absolute Gasteiger partial charge is 0.502 e. The lowest BCUT2D eigenvalue weighted by Crippen LogP contribution is -2.17. The molecule has 0 unspecified atom stereocenters. The van der Waals surface area contributed by atoms with Crippen LogP contribution in [0.4, 0.5) is 0 Å². The molecule has 0 spiro atoms. The van der Waals surface area contributed by atoms with E-state index in [1.165, 1.54) is 39.7 Å². The summed E-state index contributed by atoms with van der Waals surface area (Å²) >= 11 is 5.94. The Kier molecular flexibility index (Phi) is 6.08. The van der Waals surface area contributed by atoms with Crippen molar-refractivity contribution in [1.82, 2.24) is 5.43 Å². The number of rotatable bonds is 6. The highest BCUT2D eigenvalue weighted by atomic mass is 35.5. The number of ether oxygens (including phenoxy) is 3. The molecular formula is C17H17ClN2O5. The van der Waals surface area contributed by atoms with Gasteiger partial charge in [0.25, 0.3) is 5.91 Å². The van der Waals surface area contributed by atoms with Gasteiger partial charge in [0.05, 0.1) is 27.5 Å². The van der Waals surface area contributed by atoms with Gasteiger partial charge in [-0.25, -0.2) is 5.43 Å². The third kappa shape index (κ3) is 4.33. The second-order valence-electron chi connectivity index (χ2n) is 4.81. The summed E-state index contributed by atoms with van der Waals surface area (Å²) in [5.41, 5.74) is 3.20. The first kappa shape index (κ1) is 18.4. The molecular weight excluding hydrogens is 348 g/mol. The van der Waals surface area contributed by atoms with Gasteiger partial charge < -0.3 is 19.3 Å². The molecule has 7 nitrogen and oxygen atoms in total. The van der Waals surface area contributed by atoms with E-state index in [4.69, 9.17) is 25.8 Å². The average Bonchev–Trinajstić information content (AvgIpc) is 2.62. The predicted octanol–water partition coefficient (Wildman–Crippen LogP) is 2.84. The number of hydrogen-bond acceptors (Lipinski definition) is 6. The van der Waals surface area contributed by atoms with Crippen LogP contribution >= 0.6 is 11.6 Å². The van der Waals surface area contributed by atoms with Crippen LogP contribution in [0.5, 0.6) is 23.0 Å². The van der Waals surface area contributed by atoms with E-state index >= 15 is 0 Å². The second-order valence-corrected chi connectivity index (χ2v) is 5.25. The quantitative estimate of drug-likeness (QED) is 0.607. The van der Waals surface area contributed by atoms with Gasteiger partial charge in [-0.3, -0.25) is 4.79 Å². The summed E-state index contributed by atoms with van der Waals surface area (Å²) in [6.45, 7) is 0. The average molecular weight is 365 g/mol. The summed E-state index contributed by atoms with van der Waals surface area (Å²) in [5, 5.41) is 14.3. The molecule has 25 heavy (non-hydrogen) atoms. The number of carbonyl (C=O) groups excluding carboxylic acids is 1. The number of nitrogens with zero attached hydrogens (tertiary/aromatic N) is 1. The molecule has 0 atom stereocenters. The number of hydrazone groups is 1. The normalized spacial score (nSPS) is 10.6. The number of hydrogen-bond donors (Lipinski definition) is 2. The Bertz CT molecular complexity index is 783. The monoisotopic (exact) mass is 364 g/mol. The van der Waals surface area contributed by atoms with Crippen LogP contribution in [0.2, 0.25) is 5.02 Å². The Balaban J connectivity index is 2.19. The zero-order valence-corrected chi connectivity index (χ0v) is 14.6. The van der Waals surface area contributed by atoms with Crippen molar-refractivity contribution in [3.8, 4) is 23.0 Å². The van der Waals surface area contributed by atoms with Gasteiger partial charge in [0.15, 0.2) is 11.5 Å². The summed E-state index contributed by atoms with van der Waals surface area (Å²) in [6, 6.07) is 7.79. The zero-order chi connectivity index (χ0) is 18.4. The maximum absolute atomic E-state index is 12.2. The van der Waals surface area contributed by atoms with E-state index < -0.39 is 5.91 Å². The number of aromatic hydroxyl groups is 1. The topological polar surface area (TPSA) is 89.4 Å². The molecule has 1 amide bonds. The van der Waals surface area contributed by atoms with Gasteiger partial charge in [0, 0.05) is 16.1 Å². The van der Waals surface area contributed by atoms with Crippen LogP contribution < -0.4 is 19.6 Å². The highest BCUT2D eigenvalue weighted by molar-refractivity contribution is 6.30. The van der Waals surface area contributed by atoms with Crippen LogP contribution in [0.3, 0.4) is 0 Å². The third-order valence-electron chi connectivity index (χ3n) is 3.30. The van der Waals surface area contributed by atoms with Gasteiger partial charge in [-0.05, 0) is 30.3 Å². The Morgan fingerprint density at radius 2 is 1.68 bits per heavy atom. The van der Waals surface area contributed by atoms with Crippen LogP contribution in [0, 0.1) is 0 Å². The maximum atomic E-state index is 12.2. The van der Waals surface area contributed by atoms with Crippen molar-refractivity contribution in [2.75, 3.05) is 21.3 Å². The molecule has 0 aliphatic heterocycles. The van der Waals surface area contributed by atoms with Crippen molar-refractivity contribution in [3.05, 3.63) is 46.5 Å². The van der Waals surface area contributed by atoms with E-state index in [1.807, 2.05) is 0 Å². The van der Waals surface area contributed by atoms with Crippen molar-refractivity contribution in [2.24, 2.45) is 5.10 Å². The smallest absolute Gasteiger partial charge is 0.271 e. The Hall–Kier alpha value is -2.93. The first-order valence-corrected chi connectivity index (χ1v) is 7.50. The first-order chi connectivity index (χ1) is 12.0. The Labute approximate surface area is 149 Å². The lowest BCUT2D eigenvalue weighted by molar-refractivity contribution is 0.0954. The molecule has 0 bridgehead atoms. The summed E-state index contributed by atoms with van der Waals surface area (Å²) in [6.07, 6.45) is 1.41. The van der Waals surface area contributed by atoms with E-state index in [0.29, 0.717) is 16.3 Å². The molecule has 0 aliphatic carbocycles. The molecule has 132 valence electrons. The van der Waals surface area contributed by atoms with Crippen molar-refractivity contribution in [3.63, 3.8) is 0 Å². The SMILES string of the molecule is COc1ccc(Cl)cc1C=NNC(=O)c1cc(OC)c(O)c(OC)c1. The molecule has 2 aromatic carbocycles. The van der Waals surface area contributed by atoms with E-state index in [2.05, 4.69) is 10.5 Å². The fourth-order valence-corrected chi connectivity index (χ4v) is 2.24. The van der Waals surface area contributed by atoms with Crippen LogP contribution in [0.25, 0.3) is 0 Å².